The van der Waals surface area contributed by atoms with E-state index in [0.29, 0.717) is 32.1 Å². The van der Waals surface area contributed by atoms with Gasteiger partial charge >= 0.3 is 25.7 Å². The van der Waals surface area contributed by atoms with Gasteiger partial charge in [0.05, 0.1) is 25.4 Å². The third-order valence-electron chi connectivity index (χ3n) is 8.94. The van der Waals surface area contributed by atoms with E-state index in [0.717, 1.165) is 70.6 Å². The Hall–Kier alpha value is -2.90. The van der Waals surface area contributed by atoms with Gasteiger partial charge < -0.3 is 35.4 Å². The van der Waals surface area contributed by atoms with E-state index in [-0.39, 0.29) is 12.8 Å². The summed E-state index contributed by atoms with van der Waals surface area (Å²) in [5.74, 6) is -2.59. The molecule has 0 saturated heterocycles. The lowest BCUT2D eigenvalue weighted by molar-refractivity contribution is -0.161. The van der Waals surface area contributed by atoms with Gasteiger partial charge in [0, 0.05) is 12.8 Å². The van der Waals surface area contributed by atoms with E-state index in [1.165, 1.54) is 25.7 Å². The maximum Gasteiger partial charge on any atom is 0.472 e. The Morgan fingerprint density at radius 2 is 1.10 bits per heavy atom. The smallest absolute Gasteiger partial charge is 0.472 e. The summed E-state index contributed by atoms with van der Waals surface area (Å²) in [6, 6.07) is -1.56. The van der Waals surface area contributed by atoms with Crippen LogP contribution in [0.25, 0.3) is 0 Å². The molecule has 0 spiro atoms. The Balaban J connectivity index is 4.60. The molecule has 0 amide bonds. The summed E-state index contributed by atoms with van der Waals surface area (Å²) in [6.45, 7) is 2.49. The molecule has 0 saturated carbocycles. The van der Waals surface area contributed by atoms with E-state index in [4.69, 9.17) is 24.8 Å². The highest BCUT2D eigenvalue weighted by molar-refractivity contribution is 7.47. The van der Waals surface area contributed by atoms with E-state index in [9.17, 15) is 34.1 Å². The molecule has 334 valence electrons. The average molecular weight is 842 g/mol. The van der Waals surface area contributed by atoms with E-state index < -0.39 is 69.9 Å². The summed E-state index contributed by atoms with van der Waals surface area (Å²) in [6.07, 6.45) is 36.0. The number of aliphatic carboxylic acids is 1. The summed E-state index contributed by atoms with van der Waals surface area (Å²) in [5.41, 5.74) is 5.32. The molecule has 0 aliphatic rings. The largest absolute Gasteiger partial charge is 0.480 e. The van der Waals surface area contributed by atoms with Crippen molar-refractivity contribution in [2.24, 2.45) is 5.73 Å². The highest BCUT2D eigenvalue weighted by Gasteiger charge is 2.28. The second-order valence-electron chi connectivity index (χ2n) is 14.4. The number of nitrogens with two attached hydrogens (primary N) is 1. The predicted octanol–water partition coefficient (Wildman–Crippen LogP) is 9.11. The molecule has 0 radical (unpaired) electrons. The lowest BCUT2D eigenvalue weighted by Gasteiger charge is -2.20. The van der Waals surface area contributed by atoms with Crippen molar-refractivity contribution in [3.63, 3.8) is 0 Å². The molecule has 0 aromatic rings. The Morgan fingerprint density at radius 1 is 0.603 bits per heavy atom. The summed E-state index contributed by atoms with van der Waals surface area (Å²) in [7, 11) is -4.77. The fraction of sp³-hybridized carbons (Fsp3) is 0.705. The Kier molecular flexibility index (Phi) is 36.4. The normalized spacial score (nSPS) is 15.4. The minimum atomic E-state index is -4.77. The topological polar surface area (TPSA) is 212 Å². The predicted molar refractivity (Wildman–Crippen MR) is 229 cm³/mol. The van der Waals surface area contributed by atoms with E-state index in [1.54, 1.807) is 0 Å². The standard InChI is InChI=1S/C44H76NO12P/c1-3-5-7-9-11-12-13-14-15-16-17-18-19-20-21-25-30-34-43(49)57-38(36-55-58(52,53)56-37-39(45)44(50)51)35-54-42(48)33-29-26-22-24-28-32-41(47)40(46)31-27-23-10-8-6-4-2/h11-12,14-15,17-18,20-21,23,27,38-41,46-47H,3-10,13,16,19,22,24-26,28-37,45H2,1-2H3,(H,50,51)(H,52,53)/b12-11-,15-14-,18-17-,21-20-,27-23-/t38-,39+,40-,41-/m1/s1. The highest BCUT2D eigenvalue weighted by Crippen LogP contribution is 2.43. The van der Waals surface area contributed by atoms with Crippen LogP contribution in [0.1, 0.15) is 155 Å². The number of ether oxygens (including phenoxy) is 2. The molecule has 58 heavy (non-hydrogen) atoms. The van der Waals surface area contributed by atoms with Gasteiger partial charge in [-0.3, -0.25) is 23.4 Å². The number of rotatable bonds is 39. The van der Waals surface area contributed by atoms with Crippen molar-refractivity contribution in [1.82, 2.24) is 0 Å². The van der Waals surface area contributed by atoms with Crippen molar-refractivity contribution >= 4 is 25.7 Å². The van der Waals surface area contributed by atoms with Crippen LogP contribution in [0, 0.1) is 0 Å². The van der Waals surface area contributed by atoms with Crippen LogP contribution in [0.15, 0.2) is 60.8 Å². The number of hydrogen-bond acceptors (Lipinski definition) is 11. The van der Waals surface area contributed by atoms with Crippen LogP contribution in [0.3, 0.4) is 0 Å². The molecule has 0 heterocycles. The van der Waals surface area contributed by atoms with Crippen LogP contribution < -0.4 is 5.73 Å². The Labute approximate surface area is 348 Å². The van der Waals surface area contributed by atoms with Crippen LogP contribution in [0.5, 0.6) is 0 Å². The summed E-state index contributed by atoms with van der Waals surface area (Å²) in [5, 5.41) is 29.3. The first-order chi connectivity index (χ1) is 27.9. The van der Waals surface area contributed by atoms with Crippen LogP contribution in [-0.2, 0) is 37.5 Å². The summed E-state index contributed by atoms with van der Waals surface area (Å²) >= 11 is 0. The third-order valence-corrected chi connectivity index (χ3v) is 9.89. The van der Waals surface area contributed by atoms with Crippen LogP contribution in [0.4, 0.5) is 0 Å². The minimum Gasteiger partial charge on any atom is -0.480 e. The van der Waals surface area contributed by atoms with Gasteiger partial charge in [-0.25, -0.2) is 4.57 Å². The number of esters is 2. The van der Waals surface area contributed by atoms with E-state index >= 15 is 0 Å². The maximum atomic E-state index is 12.6. The summed E-state index contributed by atoms with van der Waals surface area (Å²) in [4.78, 5) is 45.9. The Morgan fingerprint density at radius 3 is 1.69 bits per heavy atom. The lowest BCUT2D eigenvalue weighted by atomic mass is 10.0. The van der Waals surface area contributed by atoms with Gasteiger partial charge in [-0.15, -0.1) is 0 Å². The fourth-order valence-corrected chi connectivity index (χ4v) is 6.15. The van der Waals surface area contributed by atoms with Crippen molar-refractivity contribution < 1.29 is 57.7 Å². The van der Waals surface area contributed by atoms with Crippen molar-refractivity contribution in [2.45, 2.75) is 179 Å². The number of phosphoric ester groups is 1. The van der Waals surface area contributed by atoms with E-state index in [1.807, 2.05) is 18.2 Å². The SMILES string of the molecule is CCCCC/C=C\C/C=C\C/C=C\C/C=C\CCCC(=O)O[C@H](COC(=O)CCCCCCC[C@@H](O)[C@H](O)C/C=C\CCCCC)COP(=O)(O)OC[C@H](N)C(=O)O. The second kappa shape index (κ2) is 38.3. The number of hydrogen-bond donors (Lipinski definition) is 5. The van der Waals surface area contributed by atoms with Gasteiger partial charge in [0.1, 0.15) is 12.6 Å². The number of carboxylic acids is 1. The highest BCUT2D eigenvalue weighted by atomic mass is 31.2. The van der Waals surface area contributed by atoms with Gasteiger partial charge in [0.15, 0.2) is 6.10 Å². The van der Waals surface area contributed by atoms with Crippen molar-refractivity contribution in [3.8, 4) is 0 Å². The monoisotopic (exact) mass is 842 g/mol. The second-order valence-corrected chi connectivity index (χ2v) is 15.9. The molecular weight excluding hydrogens is 765 g/mol. The molecule has 1 unspecified atom stereocenters. The molecule has 0 aromatic heterocycles. The van der Waals surface area contributed by atoms with Crippen molar-refractivity contribution in [2.75, 3.05) is 19.8 Å². The van der Waals surface area contributed by atoms with Crippen LogP contribution in [-0.4, -0.2) is 82.3 Å². The van der Waals surface area contributed by atoms with Gasteiger partial charge in [-0.1, -0.05) is 126 Å². The summed E-state index contributed by atoms with van der Waals surface area (Å²) < 4.78 is 32.5. The number of carboxylic acid groups (broad SMARTS) is 1. The molecule has 14 heteroatoms. The zero-order chi connectivity index (χ0) is 43.1. The van der Waals surface area contributed by atoms with Gasteiger partial charge in [-0.05, 0) is 77.0 Å². The van der Waals surface area contributed by atoms with Gasteiger partial charge in [0.25, 0.3) is 0 Å². The quantitative estimate of drug-likeness (QED) is 0.0169. The van der Waals surface area contributed by atoms with Crippen LogP contribution >= 0.6 is 7.82 Å². The minimum absolute atomic E-state index is 0.0510. The number of carbonyl (C=O) groups excluding carboxylic acids is 2. The molecule has 13 nitrogen and oxygen atoms in total. The average Bonchev–Trinajstić information content (AvgIpc) is 3.19. The first-order valence-electron chi connectivity index (χ1n) is 21.5. The number of aliphatic hydroxyl groups is 2. The number of aliphatic hydroxyl groups excluding tert-OH is 2. The number of allylic oxidation sites excluding steroid dienone is 9. The van der Waals surface area contributed by atoms with Gasteiger partial charge in [-0.2, -0.15) is 0 Å². The molecular formula is C44H76NO12P. The number of phosphoric acid groups is 1. The van der Waals surface area contributed by atoms with Gasteiger partial charge in [0.2, 0.25) is 0 Å². The van der Waals surface area contributed by atoms with Crippen molar-refractivity contribution in [1.29, 1.82) is 0 Å². The molecule has 0 bridgehead atoms. The van der Waals surface area contributed by atoms with Crippen molar-refractivity contribution in [3.05, 3.63) is 60.8 Å². The molecule has 0 aromatic carbocycles. The maximum absolute atomic E-state index is 12.6. The number of carbonyl (C=O) groups is 3. The third kappa shape index (κ3) is 36.2. The molecule has 5 atom stereocenters. The zero-order valence-electron chi connectivity index (χ0n) is 35.3. The van der Waals surface area contributed by atoms with Crippen LogP contribution in [0.2, 0.25) is 0 Å². The molecule has 0 rings (SSSR count). The molecule has 6 N–H and O–H groups in total. The molecule has 0 aliphatic heterocycles. The Bertz CT molecular complexity index is 1250. The van der Waals surface area contributed by atoms with E-state index in [2.05, 4.69) is 60.9 Å². The lowest BCUT2D eigenvalue weighted by Crippen LogP contribution is -2.34. The first-order valence-corrected chi connectivity index (χ1v) is 23.0. The zero-order valence-corrected chi connectivity index (χ0v) is 36.2. The molecule has 0 fully saturated rings. The first kappa shape index (κ1) is 55.1. The number of unbranched alkanes of at least 4 members (excludes halogenated alkanes) is 11. The fourth-order valence-electron chi connectivity index (χ4n) is 5.37. The molecule has 0 aliphatic carbocycles.